The van der Waals surface area contributed by atoms with E-state index in [9.17, 15) is 0 Å². The van der Waals surface area contributed by atoms with E-state index in [0.717, 1.165) is 25.2 Å². The molecule has 1 aromatic rings. The second-order valence-electron chi connectivity index (χ2n) is 6.15. The average Bonchev–Trinajstić information content (AvgIpc) is 2.47. The zero-order valence-electron chi connectivity index (χ0n) is 14.0. The highest BCUT2D eigenvalue weighted by atomic mass is 16.5. The molecule has 118 valence electrons. The molecule has 0 radical (unpaired) electrons. The van der Waals surface area contributed by atoms with Gasteiger partial charge in [-0.15, -0.1) is 0 Å². The van der Waals surface area contributed by atoms with E-state index in [2.05, 4.69) is 45.1 Å². The summed E-state index contributed by atoms with van der Waals surface area (Å²) in [6, 6.07) is 6.76. The summed E-state index contributed by atoms with van der Waals surface area (Å²) in [5.74, 6) is 0.944. The van der Waals surface area contributed by atoms with Crippen LogP contribution in [0.4, 0.5) is 5.69 Å². The molecule has 21 heavy (non-hydrogen) atoms. The highest BCUT2D eigenvalue weighted by Crippen LogP contribution is 2.47. The van der Waals surface area contributed by atoms with Crippen molar-refractivity contribution < 1.29 is 9.47 Å². The largest absolute Gasteiger partial charge is 0.494 e. The molecule has 0 bridgehead atoms. The maximum absolute atomic E-state index is 5.87. The molecule has 3 atom stereocenters. The van der Waals surface area contributed by atoms with Crippen molar-refractivity contribution in [1.29, 1.82) is 0 Å². The smallest absolute Gasteiger partial charge is 0.119 e. The topological polar surface area (TPSA) is 30.5 Å². The highest BCUT2D eigenvalue weighted by molar-refractivity contribution is 5.55. The third-order valence-corrected chi connectivity index (χ3v) is 4.95. The van der Waals surface area contributed by atoms with E-state index in [4.69, 9.17) is 9.47 Å². The van der Waals surface area contributed by atoms with Crippen LogP contribution in [0, 0.1) is 12.3 Å². The van der Waals surface area contributed by atoms with Gasteiger partial charge in [0.2, 0.25) is 0 Å². The number of nitrogens with one attached hydrogen (secondary N) is 1. The van der Waals surface area contributed by atoms with Crippen LogP contribution in [0.25, 0.3) is 0 Å². The number of rotatable bonds is 7. The van der Waals surface area contributed by atoms with Gasteiger partial charge in [-0.3, -0.25) is 0 Å². The first-order chi connectivity index (χ1) is 10.0. The normalized spacial score (nSPS) is 28.0. The van der Waals surface area contributed by atoms with Gasteiger partial charge in [-0.25, -0.2) is 0 Å². The maximum atomic E-state index is 5.87. The van der Waals surface area contributed by atoms with E-state index < -0.39 is 0 Å². The first-order valence-electron chi connectivity index (χ1n) is 8.16. The third-order valence-electron chi connectivity index (χ3n) is 4.95. The molecule has 3 heteroatoms. The molecule has 0 saturated heterocycles. The predicted molar refractivity (Wildman–Crippen MR) is 88.2 cm³/mol. The van der Waals surface area contributed by atoms with E-state index in [0.29, 0.717) is 18.8 Å². The molecule has 1 saturated carbocycles. The summed E-state index contributed by atoms with van der Waals surface area (Å²) in [5.41, 5.74) is 2.67. The van der Waals surface area contributed by atoms with Crippen molar-refractivity contribution in [3.05, 3.63) is 23.8 Å². The van der Waals surface area contributed by atoms with Crippen LogP contribution in [-0.2, 0) is 4.74 Å². The van der Waals surface area contributed by atoms with Gasteiger partial charge in [0.1, 0.15) is 5.75 Å². The van der Waals surface area contributed by atoms with Crippen LogP contribution in [-0.4, -0.2) is 25.4 Å². The molecule has 1 N–H and O–H groups in total. The number of benzene rings is 1. The number of anilines is 1. The van der Waals surface area contributed by atoms with Crippen molar-refractivity contribution in [2.75, 3.05) is 18.5 Å². The summed E-state index contributed by atoms with van der Waals surface area (Å²) in [6.07, 6.45) is 2.60. The Labute approximate surface area is 129 Å². The van der Waals surface area contributed by atoms with E-state index in [1.807, 2.05) is 13.0 Å². The summed E-state index contributed by atoms with van der Waals surface area (Å²) in [7, 11) is 0. The number of hydrogen-bond donors (Lipinski definition) is 1. The van der Waals surface area contributed by atoms with Crippen molar-refractivity contribution in [3.63, 3.8) is 0 Å². The van der Waals surface area contributed by atoms with Gasteiger partial charge in [-0.05, 0) is 57.4 Å². The lowest BCUT2D eigenvalue weighted by atomic mass is 9.61. The molecule has 0 spiro atoms. The Morgan fingerprint density at radius 3 is 2.57 bits per heavy atom. The molecular formula is C18H29NO2. The Bertz CT molecular complexity index is 474. The Morgan fingerprint density at radius 2 is 2.00 bits per heavy atom. The standard InChI is InChI=1S/C18H29NO2/c1-6-18(5)16(12-17(18)21-8-3)19-15-10-9-14(20-7-2)11-13(15)4/h9-11,16-17,19H,6-8,12H2,1-5H3. The summed E-state index contributed by atoms with van der Waals surface area (Å²) >= 11 is 0. The molecule has 0 aromatic heterocycles. The van der Waals surface area contributed by atoms with Crippen LogP contribution in [0.3, 0.4) is 0 Å². The molecular weight excluding hydrogens is 262 g/mol. The molecule has 3 nitrogen and oxygen atoms in total. The lowest BCUT2D eigenvalue weighted by Crippen LogP contribution is -2.59. The quantitative estimate of drug-likeness (QED) is 0.807. The van der Waals surface area contributed by atoms with Gasteiger partial charge in [-0.2, -0.15) is 0 Å². The molecule has 1 fully saturated rings. The van der Waals surface area contributed by atoms with Crippen molar-refractivity contribution in [3.8, 4) is 5.75 Å². The first kappa shape index (κ1) is 16.2. The van der Waals surface area contributed by atoms with E-state index in [1.165, 1.54) is 11.3 Å². The summed E-state index contributed by atoms with van der Waals surface area (Å²) in [4.78, 5) is 0. The molecule has 0 heterocycles. The van der Waals surface area contributed by atoms with Crippen LogP contribution >= 0.6 is 0 Å². The molecule has 3 unspecified atom stereocenters. The van der Waals surface area contributed by atoms with Gasteiger partial charge in [0, 0.05) is 23.8 Å². The fraction of sp³-hybridized carbons (Fsp3) is 0.667. The predicted octanol–water partition coefficient (Wildman–Crippen LogP) is 4.40. The van der Waals surface area contributed by atoms with Crippen molar-refractivity contribution >= 4 is 5.69 Å². The van der Waals surface area contributed by atoms with Crippen LogP contribution in [0.1, 0.15) is 46.1 Å². The second-order valence-corrected chi connectivity index (χ2v) is 6.15. The zero-order chi connectivity index (χ0) is 15.5. The number of aryl methyl sites for hydroxylation is 1. The second kappa shape index (κ2) is 6.69. The van der Waals surface area contributed by atoms with Crippen molar-refractivity contribution in [2.24, 2.45) is 5.41 Å². The van der Waals surface area contributed by atoms with Gasteiger partial charge in [0.15, 0.2) is 0 Å². The van der Waals surface area contributed by atoms with Gasteiger partial charge in [0.05, 0.1) is 12.7 Å². The van der Waals surface area contributed by atoms with Crippen molar-refractivity contribution in [1.82, 2.24) is 0 Å². The lowest BCUT2D eigenvalue weighted by molar-refractivity contribution is -0.109. The highest BCUT2D eigenvalue weighted by Gasteiger charge is 2.51. The van der Waals surface area contributed by atoms with Crippen LogP contribution < -0.4 is 10.1 Å². The lowest BCUT2D eigenvalue weighted by Gasteiger charge is -2.54. The number of hydrogen-bond acceptors (Lipinski definition) is 3. The van der Waals surface area contributed by atoms with E-state index in [-0.39, 0.29) is 5.41 Å². The molecule has 0 amide bonds. The van der Waals surface area contributed by atoms with Gasteiger partial charge in [0.25, 0.3) is 0 Å². The maximum Gasteiger partial charge on any atom is 0.119 e. The number of ether oxygens (including phenoxy) is 2. The molecule has 0 aliphatic heterocycles. The molecule has 1 aliphatic rings. The fourth-order valence-electron chi connectivity index (χ4n) is 3.22. The Kier molecular flexibility index (Phi) is 5.15. The third kappa shape index (κ3) is 3.18. The minimum atomic E-state index is 0.223. The zero-order valence-corrected chi connectivity index (χ0v) is 14.0. The Balaban J connectivity index is 2.05. The van der Waals surface area contributed by atoms with Crippen molar-refractivity contribution in [2.45, 2.75) is 59.6 Å². The minimum Gasteiger partial charge on any atom is -0.494 e. The van der Waals surface area contributed by atoms with Crippen LogP contribution in [0.2, 0.25) is 0 Å². The van der Waals surface area contributed by atoms with Crippen LogP contribution in [0.15, 0.2) is 18.2 Å². The van der Waals surface area contributed by atoms with E-state index >= 15 is 0 Å². The van der Waals surface area contributed by atoms with Crippen LogP contribution in [0.5, 0.6) is 5.75 Å². The molecule has 1 aromatic carbocycles. The molecule has 2 rings (SSSR count). The summed E-state index contributed by atoms with van der Waals surface area (Å²) < 4.78 is 11.4. The van der Waals surface area contributed by atoms with E-state index in [1.54, 1.807) is 0 Å². The van der Waals surface area contributed by atoms with Gasteiger partial charge < -0.3 is 14.8 Å². The average molecular weight is 291 g/mol. The fourth-order valence-corrected chi connectivity index (χ4v) is 3.22. The Morgan fingerprint density at radius 1 is 1.24 bits per heavy atom. The van der Waals surface area contributed by atoms with Gasteiger partial charge in [-0.1, -0.05) is 13.8 Å². The monoisotopic (exact) mass is 291 g/mol. The summed E-state index contributed by atoms with van der Waals surface area (Å²) in [5, 5.41) is 3.71. The summed E-state index contributed by atoms with van der Waals surface area (Å²) in [6.45, 7) is 12.3. The molecule has 1 aliphatic carbocycles. The first-order valence-corrected chi connectivity index (χ1v) is 8.16. The van der Waals surface area contributed by atoms with Gasteiger partial charge >= 0.3 is 0 Å². The Hall–Kier alpha value is -1.22. The SMILES string of the molecule is CCOc1ccc(NC2CC(OCC)C2(C)CC)c(C)c1. The minimum absolute atomic E-state index is 0.223.